The van der Waals surface area contributed by atoms with Crippen LogP contribution in [0.15, 0.2) is 46.7 Å². The number of benzene rings is 2. The highest BCUT2D eigenvalue weighted by Gasteiger charge is 2.29. The van der Waals surface area contributed by atoms with Crippen molar-refractivity contribution < 1.29 is 27.1 Å². The lowest BCUT2D eigenvalue weighted by Crippen LogP contribution is -2.14. The number of hydrogen-bond acceptors (Lipinski definition) is 6. The molecule has 0 bridgehead atoms. The zero-order chi connectivity index (χ0) is 30.2. The van der Waals surface area contributed by atoms with Crippen molar-refractivity contribution >= 4 is 27.3 Å². The third kappa shape index (κ3) is 6.59. The van der Waals surface area contributed by atoms with Gasteiger partial charge in [-0.05, 0) is 67.0 Å². The van der Waals surface area contributed by atoms with Gasteiger partial charge >= 0.3 is 5.97 Å². The summed E-state index contributed by atoms with van der Waals surface area (Å²) in [6.07, 6.45) is 3.42. The first kappa shape index (κ1) is 29.6. The molecule has 0 radical (unpaired) electrons. The zero-order valence-electron chi connectivity index (χ0n) is 22.9. The third-order valence-corrected chi connectivity index (χ3v) is 8.58. The number of aromatic carboxylic acids is 1. The van der Waals surface area contributed by atoms with E-state index in [0.29, 0.717) is 52.2 Å². The maximum atomic E-state index is 14.8. The number of hydrogen-bond donors (Lipinski definition) is 2. The van der Waals surface area contributed by atoms with Crippen molar-refractivity contribution in [1.29, 1.82) is 0 Å². The molecule has 218 valence electrons. The molecular weight excluding hydrogens is 582 g/mol. The molecule has 0 spiro atoms. The molecule has 0 atom stereocenters. The number of thiazole rings is 1. The fraction of sp³-hybridized carbons (Fsp3) is 0.300. The van der Waals surface area contributed by atoms with E-state index in [2.05, 4.69) is 16.8 Å². The SMILES string of the molecule is CC(C)CC#Cc1cc(-c2nn(-c3nc(C(=O)O)cs3)c(CC3CC3)c2Cc2ccc(S(N)(=O)=O)c(F)c2)ccc1F. The molecular formula is C30H28F2N4O4S2. The molecule has 2 aromatic heterocycles. The highest BCUT2D eigenvalue weighted by Crippen LogP contribution is 2.38. The third-order valence-electron chi connectivity index (χ3n) is 6.82. The fourth-order valence-corrected chi connectivity index (χ4v) is 5.89. The average Bonchev–Trinajstić information content (AvgIpc) is 3.47. The smallest absolute Gasteiger partial charge is 0.355 e. The molecule has 42 heavy (non-hydrogen) atoms. The van der Waals surface area contributed by atoms with Gasteiger partial charge in [-0.2, -0.15) is 5.10 Å². The highest BCUT2D eigenvalue weighted by atomic mass is 32.2. The van der Waals surface area contributed by atoms with Crippen LogP contribution in [0.1, 0.15) is 66.0 Å². The van der Waals surface area contributed by atoms with Gasteiger partial charge in [0.25, 0.3) is 0 Å². The number of nitrogens with two attached hydrogens (primary N) is 1. The first-order valence-corrected chi connectivity index (χ1v) is 15.7. The Balaban J connectivity index is 1.68. The molecule has 4 aromatic rings. The maximum Gasteiger partial charge on any atom is 0.355 e. The molecule has 0 saturated heterocycles. The van der Waals surface area contributed by atoms with Crippen molar-refractivity contribution in [3.8, 4) is 28.2 Å². The molecule has 1 aliphatic carbocycles. The van der Waals surface area contributed by atoms with E-state index in [1.165, 1.54) is 17.5 Å². The van der Waals surface area contributed by atoms with Crippen LogP contribution in [0.5, 0.6) is 0 Å². The van der Waals surface area contributed by atoms with Crippen LogP contribution in [0.2, 0.25) is 0 Å². The summed E-state index contributed by atoms with van der Waals surface area (Å²) in [5, 5.41) is 21.2. The van der Waals surface area contributed by atoms with E-state index in [4.69, 9.17) is 10.2 Å². The number of carbonyl (C=O) groups is 1. The lowest BCUT2D eigenvalue weighted by Gasteiger charge is -2.10. The van der Waals surface area contributed by atoms with E-state index >= 15 is 0 Å². The van der Waals surface area contributed by atoms with E-state index < -0.39 is 32.5 Å². The average molecular weight is 611 g/mol. The normalized spacial score (nSPS) is 13.3. The number of primary sulfonamides is 1. The summed E-state index contributed by atoms with van der Waals surface area (Å²) in [5.41, 5.74) is 3.12. The van der Waals surface area contributed by atoms with Crippen LogP contribution < -0.4 is 5.14 Å². The van der Waals surface area contributed by atoms with Crippen molar-refractivity contribution in [1.82, 2.24) is 14.8 Å². The van der Waals surface area contributed by atoms with Gasteiger partial charge in [0.2, 0.25) is 15.2 Å². The Morgan fingerprint density at radius 1 is 1.19 bits per heavy atom. The summed E-state index contributed by atoms with van der Waals surface area (Å²) in [7, 11) is -4.24. The number of nitrogens with zero attached hydrogens (tertiary/aromatic N) is 3. The van der Waals surface area contributed by atoms with Crippen LogP contribution in [-0.2, 0) is 22.9 Å². The van der Waals surface area contributed by atoms with Gasteiger partial charge in [0.05, 0.1) is 17.0 Å². The lowest BCUT2D eigenvalue weighted by molar-refractivity contribution is 0.0691. The summed E-state index contributed by atoms with van der Waals surface area (Å²) in [6, 6.07) is 8.28. The van der Waals surface area contributed by atoms with Crippen molar-refractivity contribution in [2.45, 2.75) is 50.8 Å². The minimum atomic E-state index is -4.24. The van der Waals surface area contributed by atoms with Crippen LogP contribution in [0, 0.1) is 35.3 Å². The maximum absolute atomic E-state index is 14.8. The second-order valence-electron chi connectivity index (χ2n) is 10.7. The Kier molecular flexibility index (Phi) is 8.28. The highest BCUT2D eigenvalue weighted by molar-refractivity contribution is 7.89. The van der Waals surface area contributed by atoms with Crippen LogP contribution in [-0.4, -0.2) is 34.3 Å². The van der Waals surface area contributed by atoms with Gasteiger partial charge in [0, 0.05) is 29.3 Å². The number of carboxylic acids is 1. The van der Waals surface area contributed by atoms with E-state index in [1.807, 2.05) is 13.8 Å². The Hall–Kier alpha value is -3.92. The van der Waals surface area contributed by atoms with Gasteiger partial charge in [0.15, 0.2) is 5.69 Å². The fourth-order valence-electron chi connectivity index (χ4n) is 4.53. The molecule has 1 aliphatic rings. The summed E-state index contributed by atoms with van der Waals surface area (Å²) >= 11 is 1.13. The van der Waals surface area contributed by atoms with Gasteiger partial charge in [-0.3, -0.25) is 0 Å². The molecule has 2 aromatic carbocycles. The van der Waals surface area contributed by atoms with Crippen LogP contribution in [0.3, 0.4) is 0 Å². The Labute approximate surface area is 246 Å². The Morgan fingerprint density at radius 2 is 1.95 bits per heavy atom. The quantitative estimate of drug-likeness (QED) is 0.239. The molecule has 1 saturated carbocycles. The largest absolute Gasteiger partial charge is 0.476 e. The van der Waals surface area contributed by atoms with Crippen LogP contribution in [0.25, 0.3) is 16.4 Å². The first-order valence-electron chi connectivity index (χ1n) is 13.3. The van der Waals surface area contributed by atoms with Crippen molar-refractivity contribution in [3.63, 3.8) is 0 Å². The summed E-state index contributed by atoms with van der Waals surface area (Å²) < 4.78 is 54.7. The van der Waals surface area contributed by atoms with Gasteiger partial charge in [-0.15, -0.1) is 11.3 Å². The van der Waals surface area contributed by atoms with Gasteiger partial charge in [0.1, 0.15) is 16.5 Å². The number of rotatable bonds is 9. The summed E-state index contributed by atoms with van der Waals surface area (Å²) in [5.74, 6) is 4.02. The topological polar surface area (TPSA) is 128 Å². The van der Waals surface area contributed by atoms with Crippen molar-refractivity contribution in [3.05, 3.63) is 81.5 Å². The van der Waals surface area contributed by atoms with Crippen molar-refractivity contribution in [2.75, 3.05) is 0 Å². The molecule has 3 N–H and O–H groups in total. The standard InChI is InChI=1S/C30H28F2N4O4S2/c1-17(2)4-3-5-20-15-21(9-10-23(20)31)28-22(12-19-8-11-27(24(32)13-19)42(33,39)40)26(14-18-6-7-18)36(35-28)30-34-25(16-41-30)29(37)38/h8-11,13,15-18H,4,6-7,12,14H2,1-2H3,(H,37,38)(H2,33,39,40). The van der Waals surface area contributed by atoms with E-state index in [9.17, 15) is 27.1 Å². The number of aromatic nitrogens is 3. The van der Waals surface area contributed by atoms with Crippen LogP contribution >= 0.6 is 11.3 Å². The van der Waals surface area contributed by atoms with Crippen molar-refractivity contribution in [2.24, 2.45) is 17.0 Å². The number of halogens is 2. The molecule has 8 nitrogen and oxygen atoms in total. The summed E-state index contributed by atoms with van der Waals surface area (Å²) in [6.45, 7) is 4.04. The van der Waals surface area contributed by atoms with Gasteiger partial charge in [-0.1, -0.05) is 31.8 Å². The van der Waals surface area contributed by atoms with Gasteiger partial charge < -0.3 is 5.11 Å². The lowest BCUT2D eigenvalue weighted by atomic mass is 9.96. The minimum absolute atomic E-state index is 0.115. The Morgan fingerprint density at radius 3 is 2.57 bits per heavy atom. The molecule has 5 rings (SSSR count). The van der Waals surface area contributed by atoms with E-state index in [-0.39, 0.29) is 17.7 Å². The van der Waals surface area contributed by atoms with Crippen LogP contribution in [0.4, 0.5) is 8.78 Å². The number of carboxylic acid groups (broad SMARTS) is 1. The molecule has 0 amide bonds. The monoisotopic (exact) mass is 610 g/mol. The second kappa shape index (κ2) is 11.8. The van der Waals surface area contributed by atoms with Gasteiger partial charge in [-0.25, -0.2) is 36.8 Å². The predicted octanol–water partition coefficient (Wildman–Crippen LogP) is 5.56. The minimum Gasteiger partial charge on any atom is -0.476 e. The molecule has 0 aliphatic heterocycles. The Bertz CT molecular complexity index is 1850. The predicted molar refractivity (Wildman–Crippen MR) is 155 cm³/mol. The summed E-state index contributed by atoms with van der Waals surface area (Å²) in [4.78, 5) is 15.2. The number of sulfonamides is 1. The molecule has 12 heteroatoms. The van der Waals surface area contributed by atoms with E-state index in [0.717, 1.165) is 42.0 Å². The second-order valence-corrected chi connectivity index (χ2v) is 13.1. The first-order chi connectivity index (χ1) is 19.9. The molecule has 2 heterocycles. The van der Waals surface area contributed by atoms with E-state index in [1.54, 1.807) is 16.8 Å². The molecule has 1 fully saturated rings. The molecule has 0 unspecified atom stereocenters. The zero-order valence-corrected chi connectivity index (χ0v) is 24.5.